The second kappa shape index (κ2) is 8.05. The van der Waals surface area contributed by atoms with Crippen molar-refractivity contribution in [3.05, 3.63) is 29.3 Å². The van der Waals surface area contributed by atoms with Crippen molar-refractivity contribution in [2.24, 2.45) is 5.92 Å². The summed E-state index contributed by atoms with van der Waals surface area (Å²) in [7, 11) is 0. The predicted molar refractivity (Wildman–Crippen MR) is 113 cm³/mol. The number of benzene rings is 1. The van der Waals surface area contributed by atoms with Crippen molar-refractivity contribution in [1.29, 1.82) is 0 Å². The Balaban J connectivity index is 1.27. The minimum atomic E-state index is -0.929. The molecule has 9 nitrogen and oxygen atoms in total. The zero-order valence-corrected chi connectivity index (χ0v) is 17.4. The molecule has 0 spiro atoms. The Morgan fingerprint density at radius 2 is 1.71 bits per heavy atom. The molecular weight excluding hydrogens is 398 g/mol. The summed E-state index contributed by atoms with van der Waals surface area (Å²) >= 11 is 0. The number of rotatable bonds is 4. The van der Waals surface area contributed by atoms with Gasteiger partial charge in [0.15, 0.2) is 0 Å². The van der Waals surface area contributed by atoms with E-state index in [1.54, 1.807) is 12.1 Å². The molecule has 0 aliphatic carbocycles. The van der Waals surface area contributed by atoms with Gasteiger partial charge in [0.1, 0.15) is 6.04 Å². The first-order valence-corrected chi connectivity index (χ1v) is 11.0. The minimum absolute atomic E-state index is 0.121. The molecule has 9 heteroatoms. The molecular formula is C22H27N5O4. The van der Waals surface area contributed by atoms with E-state index in [1.165, 1.54) is 6.42 Å². The number of carbonyl (C=O) groups is 4. The van der Waals surface area contributed by atoms with Crippen molar-refractivity contribution in [3.8, 4) is 0 Å². The molecule has 3 fully saturated rings. The van der Waals surface area contributed by atoms with Crippen LogP contribution in [0.5, 0.6) is 0 Å². The van der Waals surface area contributed by atoms with Crippen LogP contribution >= 0.6 is 0 Å². The zero-order chi connectivity index (χ0) is 21.5. The van der Waals surface area contributed by atoms with Crippen molar-refractivity contribution in [3.63, 3.8) is 0 Å². The average molecular weight is 425 g/mol. The van der Waals surface area contributed by atoms with E-state index >= 15 is 0 Å². The molecule has 3 saturated heterocycles. The number of nitrogens with zero attached hydrogens (tertiary/aromatic N) is 3. The molecule has 5 rings (SSSR count). The van der Waals surface area contributed by atoms with Crippen molar-refractivity contribution in [1.82, 2.24) is 20.4 Å². The average Bonchev–Trinajstić information content (AvgIpc) is 3.36. The summed E-state index contributed by atoms with van der Waals surface area (Å²) in [4.78, 5) is 55.3. The number of carbonyl (C=O) groups excluding carboxylic acids is 4. The van der Waals surface area contributed by atoms with Gasteiger partial charge in [-0.15, -0.1) is 0 Å². The summed E-state index contributed by atoms with van der Waals surface area (Å²) in [5, 5.41) is 5.64. The largest absolute Gasteiger partial charge is 0.369 e. The fourth-order valence-electron chi connectivity index (χ4n) is 5.08. The lowest BCUT2D eigenvalue weighted by Crippen LogP contribution is -2.54. The molecule has 0 saturated carbocycles. The normalized spacial score (nSPS) is 27.1. The molecule has 4 aliphatic rings. The fourth-order valence-corrected chi connectivity index (χ4v) is 5.08. The van der Waals surface area contributed by atoms with Gasteiger partial charge in [0.05, 0.1) is 11.1 Å². The quantitative estimate of drug-likeness (QED) is 0.645. The van der Waals surface area contributed by atoms with E-state index in [-0.39, 0.29) is 18.7 Å². The van der Waals surface area contributed by atoms with Gasteiger partial charge in [-0.1, -0.05) is 0 Å². The lowest BCUT2D eigenvalue weighted by molar-refractivity contribution is -0.136. The number of fused-ring (bicyclic) bond motifs is 1. The Labute approximate surface area is 180 Å². The molecule has 0 aromatic heterocycles. The minimum Gasteiger partial charge on any atom is -0.369 e. The summed E-state index contributed by atoms with van der Waals surface area (Å²) in [6.07, 6.45) is 1.53. The topological polar surface area (TPSA) is 102 Å². The highest BCUT2D eigenvalue weighted by Crippen LogP contribution is 2.31. The van der Waals surface area contributed by atoms with Gasteiger partial charge in [0.2, 0.25) is 11.8 Å². The van der Waals surface area contributed by atoms with E-state index < -0.39 is 23.8 Å². The van der Waals surface area contributed by atoms with Gasteiger partial charge in [-0.05, 0) is 50.0 Å². The van der Waals surface area contributed by atoms with Crippen molar-refractivity contribution in [2.75, 3.05) is 50.7 Å². The number of imide groups is 2. The number of hydrogen-bond acceptors (Lipinski definition) is 7. The first kappa shape index (κ1) is 20.1. The Kier molecular flexibility index (Phi) is 5.23. The number of piperazine rings is 1. The van der Waals surface area contributed by atoms with Crippen molar-refractivity contribution >= 4 is 29.3 Å². The lowest BCUT2D eigenvalue weighted by atomic mass is 10.0. The summed E-state index contributed by atoms with van der Waals surface area (Å²) in [6, 6.07) is 4.42. The van der Waals surface area contributed by atoms with Crippen LogP contribution in [0.3, 0.4) is 0 Å². The molecule has 0 radical (unpaired) electrons. The second-order valence-corrected chi connectivity index (χ2v) is 8.82. The fraction of sp³-hybridized carbons (Fsp3) is 0.545. The number of hydrogen-bond donors (Lipinski definition) is 2. The SMILES string of the molecule is O=C1CCC(N2C(=O)c3ccc(N4CCN(CC5CCNC5)CC4)cc3C2=O)C(=O)N1. The van der Waals surface area contributed by atoms with Crippen LogP contribution < -0.4 is 15.5 Å². The van der Waals surface area contributed by atoms with Crippen LogP contribution in [0.4, 0.5) is 5.69 Å². The Bertz CT molecular complexity index is 934. The van der Waals surface area contributed by atoms with Crippen LogP contribution in [0.2, 0.25) is 0 Å². The third kappa shape index (κ3) is 3.72. The lowest BCUT2D eigenvalue weighted by Gasteiger charge is -2.37. The smallest absolute Gasteiger partial charge is 0.262 e. The van der Waals surface area contributed by atoms with Crippen LogP contribution in [-0.2, 0) is 9.59 Å². The Hall–Kier alpha value is -2.78. The van der Waals surface area contributed by atoms with E-state index in [2.05, 4.69) is 20.4 Å². The zero-order valence-electron chi connectivity index (χ0n) is 17.4. The first-order chi connectivity index (χ1) is 15.0. The van der Waals surface area contributed by atoms with Gasteiger partial charge >= 0.3 is 0 Å². The Morgan fingerprint density at radius 1 is 0.935 bits per heavy atom. The molecule has 2 unspecified atom stereocenters. The van der Waals surface area contributed by atoms with Crippen LogP contribution in [0.25, 0.3) is 0 Å². The van der Waals surface area contributed by atoms with E-state index in [1.807, 2.05) is 6.07 Å². The third-order valence-electron chi connectivity index (χ3n) is 6.84. The maximum atomic E-state index is 13.0. The van der Waals surface area contributed by atoms with Crippen molar-refractivity contribution in [2.45, 2.75) is 25.3 Å². The van der Waals surface area contributed by atoms with Gasteiger partial charge in [-0.25, -0.2) is 0 Å². The molecule has 31 heavy (non-hydrogen) atoms. The third-order valence-corrected chi connectivity index (χ3v) is 6.84. The molecule has 1 aromatic rings. The van der Waals surface area contributed by atoms with E-state index in [9.17, 15) is 19.2 Å². The second-order valence-electron chi connectivity index (χ2n) is 8.82. The summed E-state index contributed by atoms with van der Waals surface area (Å²) < 4.78 is 0. The van der Waals surface area contributed by atoms with Gasteiger partial charge in [-0.2, -0.15) is 0 Å². The van der Waals surface area contributed by atoms with Crippen LogP contribution in [0.1, 0.15) is 40.0 Å². The van der Waals surface area contributed by atoms with Crippen molar-refractivity contribution < 1.29 is 19.2 Å². The van der Waals surface area contributed by atoms with Gasteiger partial charge in [-0.3, -0.25) is 34.3 Å². The highest BCUT2D eigenvalue weighted by atomic mass is 16.2. The molecule has 1 aromatic carbocycles. The standard InChI is InChI=1S/C22H27N5O4/c28-19-4-3-18(20(29)24-19)27-21(30)16-2-1-15(11-17(16)22(27)31)26-9-7-25(8-10-26)13-14-5-6-23-12-14/h1-2,11,14,18,23H,3-10,12-13H2,(H,24,28,29). The molecule has 0 bridgehead atoms. The maximum absolute atomic E-state index is 13.0. The van der Waals surface area contributed by atoms with Gasteiger partial charge < -0.3 is 10.2 Å². The summed E-state index contributed by atoms with van der Waals surface area (Å²) in [5.74, 6) is -1.14. The van der Waals surface area contributed by atoms with E-state index in [0.717, 1.165) is 62.3 Å². The predicted octanol–water partition coefficient (Wildman–Crippen LogP) is -0.181. The maximum Gasteiger partial charge on any atom is 0.262 e. The molecule has 2 N–H and O–H groups in total. The first-order valence-electron chi connectivity index (χ1n) is 11.0. The van der Waals surface area contributed by atoms with E-state index in [0.29, 0.717) is 11.1 Å². The monoisotopic (exact) mass is 425 g/mol. The number of piperidine rings is 1. The van der Waals surface area contributed by atoms with Crippen LogP contribution in [-0.4, -0.2) is 85.3 Å². The number of amides is 4. The van der Waals surface area contributed by atoms with Crippen LogP contribution in [0.15, 0.2) is 18.2 Å². The molecule has 4 heterocycles. The molecule has 4 aliphatic heterocycles. The van der Waals surface area contributed by atoms with Crippen LogP contribution in [0, 0.1) is 5.92 Å². The number of nitrogens with one attached hydrogen (secondary N) is 2. The number of anilines is 1. The molecule has 2 atom stereocenters. The van der Waals surface area contributed by atoms with E-state index in [4.69, 9.17) is 0 Å². The summed E-state index contributed by atoms with van der Waals surface area (Å²) in [5.41, 5.74) is 1.59. The highest BCUT2D eigenvalue weighted by Gasteiger charge is 2.44. The highest BCUT2D eigenvalue weighted by molar-refractivity contribution is 6.23. The van der Waals surface area contributed by atoms with Gasteiger partial charge in [0.25, 0.3) is 11.8 Å². The molecule has 164 valence electrons. The van der Waals surface area contributed by atoms with Gasteiger partial charge in [0, 0.05) is 44.8 Å². The molecule has 4 amide bonds. The Morgan fingerprint density at radius 3 is 2.42 bits per heavy atom. The summed E-state index contributed by atoms with van der Waals surface area (Å²) in [6.45, 7) is 7.04.